The zero-order valence-corrected chi connectivity index (χ0v) is 12.7. The first-order valence-corrected chi connectivity index (χ1v) is 7.21. The van der Waals surface area contributed by atoms with Gasteiger partial charge in [-0.25, -0.2) is 0 Å². The molecule has 100 valence electrons. The van der Waals surface area contributed by atoms with Gasteiger partial charge in [-0.1, -0.05) is 15.9 Å². The second-order valence-electron chi connectivity index (χ2n) is 3.90. The number of nitrogens with one attached hydrogen (secondary N) is 1. The zero-order valence-electron chi connectivity index (χ0n) is 10.3. The lowest BCUT2D eigenvalue weighted by Crippen LogP contribution is -2.09. The van der Waals surface area contributed by atoms with Crippen LogP contribution in [0, 0.1) is 0 Å². The number of hydrogen-bond acceptors (Lipinski definition) is 4. The molecule has 0 saturated carbocycles. The molecule has 0 atom stereocenters. The van der Waals surface area contributed by atoms with Crippen LogP contribution in [-0.2, 0) is 6.54 Å². The molecule has 3 N–H and O–H groups in total. The molecule has 0 unspecified atom stereocenters. The summed E-state index contributed by atoms with van der Waals surface area (Å²) < 4.78 is 6.14. The number of amides is 1. The van der Waals surface area contributed by atoms with Crippen LogP contribution in [0.1, 0.15) is 15.2 Å². The molecule has 1 amide bonds. The molecule has 0 spiro atoms. The first-order chi connectivity index (χ1) is 9.08. The van der Waals surface area contributed by atoms with Gasteiger partial charge in [0, 0.05) is 33.0 Å². The maximum atomic E-state index is 11.0. The Morgan fingerprint density at radius 3 is 2.84 bits per heavy atom. The van der Waals surface area contributed by atoms with Gasteiger partial charge in [0.1, 0.15) is 5.75 Å². The number of primary amides is 1. The monoisotopic (exact) mass is 340 g/mol. The van der Waals surface area contributed by atoms with Gasteiger partial charge in [-0.15, -0.1) is 11.3 Å². The SMILES string of the molecule is COc1cc(Br)cc(NCc2cc(C(N)=O)cs2)c1. The Bertz CT molecular complexity index is 598. The summed E-state index contributed by atoms with van der Waals surface area (Å²) in [6.07, 6.45) is 0. The molecule has 0 aliphatic heterocycles. The van der Waals surface area contributed by atoms with Crippen LogP contribution in [0.2, 0.25) is 0 Å². The van der Waals surface area contributed by atoms with Crippen LogP contribution in [0.25, 0.3) is 0 Å². The van der Waals surface area contributed by atoms with Crippen LogP contribution in [0.3, 0.4) is 0 Å². The van der Waals surface area contributed by atoms with E-state index in [9.17, 15) is 4.79 Å². The van der Waals surface area contributed by atoms with Crippen molar-refractivity contribution in [3.8, 4) is 5.75 Å². The molecule has 0 fully saturated rings. The number of thiophene rings is 1. The second-order valence-corrected chi connectivity index (χ2v) is 5.81. The van der Waals surface area contributed by atoms with Crippen molar-refractivity contribution in [3.63, 3.8) is 0 Å². The maximum Gasteiger partial charge on any atom is 0.249 e. The molecule has 6 heteroatoms. The second kappa shape index (κ2) is 6.08. The fourth-order valence-corrected chi connectivity index (χ4v) is 2.86. The van der Waals surface area contributed by atoms with Gasteiger partial charge < -0.3 is 15.8 Å². The number of hydrogen-bond donors (Lipinski definition) is 2. The summed E-state index contributed by atoms with van der Waals surface area (Å²) in [6.45, 7) is 0.636. The van der Waals surface area contributed by atoms with E-state index in [1.54, 1.807) is 18.6 Å². The molecule has 0 bridgehead atoms. The van der Waals surface area contributed by atoms with E-state index in [4.69, 9.17) is 10.5 Å². The van der Waals surface area contributed by atoms with Crippen molar-refractivity contribution in [2.24, 2.45) is 5.73 Å². The highest BCUT2D eigenvalue weighted by Crippen LogP contribution is 2.25. The summed E-state index contributed by atoms with van der Waals surface area (Å²) in [5.41, 5.74) is 6.71. The summed E-state index contributed by atoms with van der Waals surface area (Å²) in [4.78, 5) is 12.1. The smallest absolute Gasteiger partial charge is 0.249 e. The highest BCUT2D eigenvalue weighted by molar-refractivity contribution is 9.10. The number of carbonyl (C=O) groups is 1. The van der Waals surface area contributed by atoms with Gasteiger partial charge in [0.15, 0.2) is 0 Å². The number of ether oxygens (including phenoxy) is 1. The summed E-state index contributed by atoms with van der Waals surface area (Å²) in [5.74, 6) is 0.382. The summed E-state index contributed by atoms with van der Waals surface area (Å²) >= 11 is 4.93. The summed E-state index contributed by atoms with van der Waals surface area (Å²) in [5, 5.41) is 5.04. The van der Waals surface area contributed by atoms with Crippen LogP contribution in [-0.4, -0.2) is 13.0 Å². The molecule has 1 heterocycles. The molecular weight excluding hydrogens is 328 g/mol. The topological polar surface area (TPSA) is 64.3 Å². The highest BCUT2D eigenvalue weighted by Gasteiger charge is 2.05. The molecule has 0 saturated heterocycles. The first-order valence-electron chi connectivity index (χ1n) is 5.54. The van der Waals surface area contributed by atoms with Crippen LogP contribution in [0.5, 0.6) is 5.75 Å². The van der Waals surface area contributed by atoms with Gasteiger partial charge in [-0.05, 0) is 18.2 Å². The van der Waals surface area contributed by atoms with Crippen molar-refractivity contribution in [1.29, 1.82) is 0 Å². The first kappa shape index (κ1) is 13.9. The van der Waals surface area contributed by atoms with Crippen molar-refractivity contribution < 1.29 is 9.53 Å². The minimum Gasteiger partial charge on any atom is -0.497 e. The third kappa shape index (κ3) is 3.71. The minimum absolute atomic E-state index is 0.397. The van der Waals surface area contributed by atoms with Crippen molar-refractivity contribution in [3.05, 3.63) is 44.6 Å². The van der Waals surface area contributed by atoms with E-state index in [-0.39, 0.29) is 0 Å². The summed E-state index contributed by atoms with van der Waals surface area (Å²) in [7, 11) is 1.63. The van der Waals surface area contributed by atoms with E-state index in [1.807, 2.05) is 18.2 Å². The molecule has 19 heavy (non-hydrogen) atoms. The van der Waals surface area contributed by atoms with E-state index in [0.717, 1.165) is 20.8 Å². The van der Waals surface area contributed by atoms with Crippen molar-refractivity contribution in [2.45, 2.75) is 6.54 Å². The van der Waals surface area contributed by atoms with Gasteiger partial charge >= 0.3 is 0 Å². The van der Waals surface area contributed by atoms with E-state index in [2.05, 4.69) is 21.2 Å². The number of rotatable bonds is 5. The Hall–Kier alpha value is -1.53. The Balaban J connectivity index is 2.05. The van der Waals surface area contributed by atoms with Gasteiger partial charge in [-0.3, -0.25) is 4.79 Å². The van der Waals surface area contributed by atoms with Gasteiger partial charge in [-0.2, -0.15) is 0 Å². The third-order valence-electron chi connectivity index (χ3n) is 2.51. The predicted octanol–water partition coefficient (Wildman–Crippen LogP) is 3.23. The van der Waals surface area contributed by atoms with Crippen molar-refractivity contribution in [2.75, 3.05) is 12.4 Å². The number of halogens is 1. The maximum absolute atomic E-state index is 11.0. The lowest BCUT2D eigenvalue weighted by molar-refractivity contribution is 0.100. The summed E-state index contributed by atoms with van der Waals surface area (Å²) in [6, 6.07) is 7.56. The molecule has 2 rings (SSSR count). The fraction of sp³-hybridized carbons (Fsp3) is 0.154. The Morgan fingerprint density at radius 2 is 2.21 bits per heavy atom. The molecule has 1 aromatic carbocycles. The van der Waals surface area contributed by atoms with Crippen LogP contribution >= 0.6 is 27.3 Å². The quantitative estimate of drug-likeness (QED) is 0.878. The largest absolute Gasteiger partial charge is 0.497 e. The molecule has 4 nitrogen and oxygen atoms in total. The van der Waals surface area contributed by atoms with Crippen LogP contribution in [0.4, 0.5) is 5.69 Å². The molecule has 2 aromatic rings. The molecule has 0 radical (unpaired) electrons. The van der Waals surface area contributed by atoms with Crippen LogP contribution < -0.4 is 15.8 Å². The number of nitrogens with two attached hydrogens (primary N) is 1. The Kier molecular flexibility index (Phi) is 4.44. The van der Waals surface area contributed by atoms with Crippen LogP contribution in [0.15, 0.2) is 34.1 Å². The number of benzene rings is 1. The van der Waals surface area contributed by atoms with Crippen molar-refractivity contribution in [1.82, 2.24) is 0 Å². The Labute approximate surface area is 123 Å². The normalized spacial score (nSPS) is 10.2. The molecule has 0 aliphatic carbocycles. The van der Waals surface area contributed by atoms with Gasteiger partial charge in [0.2, 0.25) is 5.91 Å². The molecular formula is C13H13BrN2O2S. The average Bonchev–Trinajstić information content (AvgIpc) is 2.84. The lowest BCUT2D eigenvalue weighted by atomic mass is 10.2. The highest BCUT2D eigenvalue weighted by atomic mass is 79.9. The standard InChI is InChI=1S/C13H13BrN2O2S/c1-18-11-4-9(14)3-10(5-11)16-6-12-2-8(7-19-12)13(15)17/h2-5,7,16H,6H2,1H3,(H2,15,17). The third-order valence-corrected chi connectivity index (χ3v) is 3.91. The van der Waals surface area contributed by atoms with E-state index in [0.29, 0.717) is 12.1 Å². The van der Waals surface area contributed by atoms with E-state index in [1.165, 1.54) is 11.3 Å². The average molecular weight is 341 g/mol. The lowest BCUT2D eigenvalue weighted by Gasteiger charge is -2.08. The fourth-order valence-electron chi connectivity index (χ4n) is 1.57. The number of methoxy groups -OCH3 is 1. The minimum atomic E-state index is -0.397. The zero-order chi connectivity index (χ0) is 13.8. The Morgan fingerprint density at radius 1 is 1.42 bits per heavy atom. The number of anilines is 1. The van der Waals surface area contributed by atoms with E-state index < -0.39 is 5.91 Å². The molecule has 1 aromatic heterocycles. The van der Waals surface area contributed by atoms with Gasteiger partial charge in [0.25, 0.3) is 0 Å². The van der Waals surface area contributed by atoms with E-state index >= 15 is 0 Å². The van der Waals surface area contributed by atoms with Crippen molar-refractivity contribution >= 4 is 38.9 Å². The van der Waals surface area contributed by atoms with Gasteiger partial charge in [0.05, 0.1) is 12.7 Å². The predicted molar refractivity (Wildman–Crippen MR) is 80.9 cm³/mol. The number of carbonyl (C=O) groups excluding carboxylic acids is 1. The molecule has 0 aliphatic rings.